The molecule has 52 heavy (non-hydrogen) atoms. The van der Waals surface area contributed by atoms with Crippen LogP contribution in [0.1, 0.15) is 75.1 Å². The summed E-state index contributed by atoms with van der Waals surface area (Å²) in [4.78, 5) is 37.0. The van der Waals surface area contributed by atoms with E-state index < -0.39 is 16.1 Å². The summed E-state index contributed by atoms with van der Waals surface area (Å²) in [5, 5.41) is 0. The van der Waals surface area contributed by atoms with E-state index >= 15 is 0 Å². The van der Waals surface area contributed by atoms with Crippen molar-refractivity contribution in [3.63, 3.8) is 0 Å². The number of ether oxygens (including phenoxy) is 2. The fraction of sp³-hybridized carbons (Fsp3) is 0.462. The zero-order valence-corrected chi connectivity index (χ0v) is 32.5. The van der Waals surface area contributed by atoms with Gasteiger partial charge in [0.15, 0.2) is 0 Å². The van der Waals surface area contributed by atoms with Crippen molar-refractivity contribution in [3.8, 4) is 17.1 Å². The van der Waals surface area contributed by atoms with Crippen molar-refractivity contribution >= 4 is 27.7 Å². The highest BCUT2D eigenvalue weighted by Gasteiger charge is 2.32. The summed E-state index contributed by atoms with van der Waals surface area (Å²) in [5.41, 5.74) is 3.87. The van der Waals surface area contributed by atoms with E-state index in [1.54, 1.807) is 42.6 Å². The van der Waals surface area contributed by atoms with Gasteiger partial charge < -0.3 is 19.3 Å². The lowest BCUT2D eigenvalue weighted by Gasteiger charge is -2.36. The Kier molecular flexibility index (Phi) is 11.5. The summed E-state index contributed by atoms with van der Waals surface area (Å²) in [6, 6.07) is 13.2. The van der Waals surface area contributed by atoms with Gasteiger partial charge in [0.05, 0.1) is 47.9 Å². The van der Waals surface area contributed by atoms with E-state index in [4.69, 9.17) is 14.5 Å². The van der Waals surface area contributed by atoms with Gasteiger partial charge in [-0.2, -0.15) is 4.98 Å². The monoisotopic (exact) mass is 729 g/mol. The molecular formula is C39H51N7O5S. The molecule has 0 radical (unpaired) electrons. The summed E-state index contributed by atoms with van der Waals surface area (Å²) in [7, 11) is -2.53. The maximum Gasteiger partial charge on any atom is 0.264 e. The Bertz CT molecular complexity index is 1990. The van der Waals surface area contributed by atoms with Crippen molar-refractivity contribution < 1.29 is 22.7 Å². The number of nitrogens with zero attached hydrogens (tertiary/aromatic N) is 6. The molecule has 13 heteroatoms. The summed E-state index contributed by atoms with van der Waals surface area (Å²) < 4.78 is 41.9. The summed E-state index contributed by atoms with van der Waals surface area (Å²) in [6.45, 7) is 18.8. The summed E-state index contributed by atoms with van der Waals surface area (Å²) in [5.74, 6) is 0.371. The van der Waals surface area contributed by atoms with Crippen LogP contribution in [0, 0.1) is 24.7 Å². The number of aryl methyl sites for hydroxylation is 2. The number of anilines is 2. The lowest BCUT2D eigenvalue weighted by Crippen LogP contribution is -2.45. The van der Waals surface area contributed by atoms with Gasteiger partial charge in [0.2, 0.25) is 11.8 Å². The average molecular weight is 730 g/mol. The van der Waals surface area contributed by atoms with Crippen molar-refractivity contribution in [1.29, 1.82) is 0 Å². The third kappa shape index (κ3) is 9.82. The Morgan fingerprint density at radius 1 is 0.962 bits per heavy atom. The highest BCUT2D eigenvalue weighted by Crippen LogP contribution is 2.32. The van der Waals surface area contributed by atoms with Crippen LogP contribution in [0.5, 0.6) is 5.88 Å². The van der Waals surface area contributed by atoms with Gasteiger partial charge in [-0.15, -0.1) is 0 Å². The summed E-state index contributed by atoms with van der Waals surface area (Å²) >= 11 is 0. The van der Waals surface area contributed by atoms with E-state index in [1.807, 2.05) is 32.0 Å². The Morgan fingerprint density at radius 3 is 2.35 bits per heavy atom. The van der Waals surface area contributed by atoms with E-state index in [9.17, 15) is 13.2 Å². The molecule has 1 amide bonds. The minimum Gasteiger partial charge on any atom is -0.475 e. The molecule has 1 aliphatic heterocycles. The zero-order valence-electron chi connectivity index (χ0n) is 31.7. The molecule has 0 saturated carbocycles. The number of carbonyl (C=O) groups excluding carboxylic acids is 1. The molecule has 0 spiro atoms. The average Bonchev–Trinajstić information content (AvgIpc) is 3.06. The number of carbonyl (C=O) groups is 1. The number of hydrogen-bond donors (Lipinski definition) is 1. The highest BCUT2D eigenvalue weighted by molar-refractivity contribution is 7.92. The number of rotatable bonds is 9. The normalized spacial score (nSPS) is 16.2. The highest BCUT2D eigenvalue weighted by atomic mass is 32.2. The first-order chi connectivity index (χ1) is 24.4. The first-order valence-corrected chi connectivity index (χ1v) is 19.0. The van der Waals surface area contributed by atoms with E-state index in [2.05, 4.69) is 66.1 Å². The molecule has 4 aromatic rings. The van der Waals surface area contributed by atoms with Gasteiger partial charge in [0.1, 0.15) is 12.4 Å². The molecule has 3 heterocycles. The lowest BCUT2D eigenvalue weighted by atomic mass is 9.87. The van der Waals surface area contributed by atoms with Crippen LogP contribution in [-0.4, -0.2) is 78.6 Å². The molecule has 2 aromatic heterocycles. The van der Waals surface area contributed by atoms with Crippen molar-refractivity contribution in [3.05, 3.63) is 83.3 Å². The largest absolute Gasteiger partial charge is 0.475 e. The van der Waals surface area contributed by atoms with Crippen LogP contribution in [0.25, 0.3) is 11.3 Å². The van der Waals surface area contributed by atoms with Gasteiger partial charge in [0.25, 0.3) is 15.9 Å². The number of methoxy groups -OCH3 is 1. The van der Waals surface area contributed by atoms with Crippen molar-refractivity contribution in [2.24, 2.45) is 10.8 Å². The standard InChI is InChI=1S/C39H51N7O5S/c1-26-12-10-13-27(2)35(26)32-19-34-43-37(42-32)44-52(48,49)31-15-11-14-28(18-31)36(47)46(30(24-51-34)20-38(3,4)5)23-29-21-40-22-33(41-29)45(16-17-50-9)25-39(6,7)8/h10-15,18-19,21-22,30H,16-17,20,23-25H2,1-9H3,(H,42,43,44). The predicted octanol–water partition coefficient (Wildman–Crippen LogP) is 6.69. The van der Waals surface area contributed by atoms with Crippen molar-refractivity contribution in [1.82, 2.24) is 24.8 Å². The van der Waals surface area contributed by atoms with E-state index in [0.29, 0.717) is 36.8 Å². The number of aromatic nitrogens is 4. The fourth-order valence-corrected chi connectivity index (χ4v) is 7.38. The van der Waals surface area contributed by atoms with Gasteiger partial charge in [-0.25, -0.2) is 23.1 Å². The van der Waals surface area contributed by atoms with Crippen molar-refractivity contribution in [2.45, 2.75) is 79.3 Å². The van der Waals surface area contributed by atoms with Gasteiger partial charge in [-0.3, -0.25) is 9.78 Å². The SMILES string of the molecule is COCCN(CC(C)(C)C)c1cncc(CN2C(=O)c3cccc(c3)S(=O)(=O)Nc3nc(cc(-c4c(C)cccc4C)n3)OCC2CC(C)(C)C)n1. The lowest BCUT2D eigenvalue weighted by molar-refractivity contribution is 0.0509. The maximum atomic E-state index is 14.6. The van der Waals surface area contributed by atoms with Gasteiger partial charge in [-0.1, -0.05) is 65.8 Å². The molecule has 0 aliphatic carbocycles. The first kappa shape index (κ1) is 38.6. The Labute approximate surface area is 308 Å². The molecule has 0 fully saturated rings. The third-order valence-electron chi connectivity index (χ3n) is 8.59. The van der Waals surface area contributed by atoms with Crippen LogP contribution in [-0.2, 0) is 21.3 Å². The topological polar surface area (TPSA) is 140 Å². The van der Waals surface area contributed by atoms with Crippen LogP contribution in [0.15, 0.2) is 65.8 Å². The molecule has 5 rings (SSSR count). The Balaban J connectivity index is 1.63. The quantitative estimate of drug-likeness (QED) is 0.198. The van der Waals surface area contributed by atoms with E-state index in [-0.39, 0.29) is 52.2 Å². The number of nitrogens with one attached hydrogen (secondary N) is 1. The number of amides is 1. The number of fused-ring (bicyclic) bond motifs is 4. The number of hydrogen-bond acceptors (Lipinski definition) is 10. The van der Waals surface area contributed by atoms with Crippen LogP contribution < -0.4 is 14.4 Å². The molecule has 1 atom stereocenters. The van der Waals surface area contributed by atoms with Crippen LogP contribution in [0.2, 0.25) is 0 Å². The zero-order chi connectivity index (χ0) is 37.8. The van der Waals surface area contributed by atoms with E-state index in [0.717, 1.165) is 23.2 Å². The molecule has 278 valence electrons. The Morgan fingerprint density at radius 2 is 1.67 bits per heavy atom. The van der Waals surface area contributed by atoms with Gasteiger partial charge >= 0.3 is 0 Å². The maximum absolute atomic E-state index is 14.6. The van der Waals surface area contributed by atoms with Gasteiger partial charge in [-0.05, 0) is 60.4 Å². The molecule has 1 unspecified atom stereocenters. The molecule has 2 aromatic carbocycles. The minimum absolute atomic E-state index is 0.0227. The second kappa shape index (κ2) is 15.5. The molecule has 0 saturated heterocycles. The second-order valence-corrected chi connectivity index (χ2v) is 17.5. The fourth-order valence-electron chi connectivity index (χ4n) is 6.39. The van der Waals surface area contributed by atoms with Crippen LogP contribution >= 0.6 is 0 Å². The molecule has 1 N–H and O–H groups in total. The first-order valence-electron chi connectivity index (χ1n) is 17.5. The molecule has 12 nitrogen and oxygen atoms in total. The Hall–Kier alpha value is -4.62. The summed E-state index contributed by atoms with van der Waals surface area (Å²) in [6.07, 6.45) is 3.95. The molecular weight excluding hydrogens is 679 g/mol. The second-order valence-electron chi connectivity index (χ2n) is 15.8. The number of benzene rings is 2. The smallest absolute Gasteiger partial charge is 0.264 e. The van der Waals surface area contributed by atoms with Crippen LogP contribution in [0.3, 0.4) is 0 Å². The third-order valence-corrected chi connectivity index (χ3v) is 9.91. The van der Waals surface area contributed by atoms with Crippen LogP contribution in [0.4, 0.5) is 11.8 Å². The minimum atomic E-state index is -4.20. The molecule has 1 aliphatic rings. The van der Waals surface area contributed by atoms with E-state index in [1.165, 1.54) is 12.1 Å². The van der Waals surface area contributed by atoms with Gasteiger partial charge in [0, 0.05) is 37.4 Å². The molecule has 4 bridgehead atoms. The van der Waals surface area contributed by atoms with Crippen molar-refractivity contribution in [2.75, 3.05) is 43.0 Å². The predicted molar refractivity (Wildman–Crippen MR) is 203 cm³/mol. The number of sulfonamides is 1.